The Balaban J connectivity index is 2.37. The zero-order valence-electron chi connectivity index (χ0n) is 11.7. The molecular weight excluding hydrogens is 242 g/mol. The van der Waals surface area contributed by atoms with Gasteiger partial charge >= 0.3 is 5.97 Å². The molecular formula is C15H21NO3. The van der Waals surface area contributed by atoms with Crippen LogP contribution in [0.2, 0.25) is 0 Å². The maximum atomic E-state index is 12.4. The molecule has 4 nitrogen and oxygen atoms in total. The summed E-state index contributed by atoms with van der Waals surface area (Å²) in [7, 11) is 1.61. The highest BCUT2D eigenvalue weighted by Crippen LogP contribution is 2.34. The number of carbonyl (C=O) groups is 1. The summed E-state index contributed by atoms with van der Waals surface area (Å²) in [6.45, 7) is 4.05. The molecule has 0 saturated heterocycles. The van der Waals surface area contributed by atoms with Crippen molar-refractivity contribution < 1.29 is 14.3 Å². The van der Waals surface area contributed by atoms with E-state index in [4.69, 9.17) is 9.47 Å². The van der Waals surface area contributed by atoms with E-state index in [-0.39, 0.29) is 5.97 Å². The lowest BCUT2D eigenvalue weighted by molar-refractivity contribution is -0.151. The minimum absolute atomic E-state index is 0.258. The van der Waals surface area contributed by atoms with Crippen molar-refractivity contribution in [3.05, 3.63) is 29.8 Å². The first-order valence-corrected chi connectivity index (χ1v) is 6.70. The first-order chi connectivity index (χ1) is 9.11. The SMILES string of the molecule is CCOC(=O)C(C)(NC1CC1)c1ccccc1OC. The van der Waals surface area contributed by atoms with E-state index in [2.05, 4.69) is 5.32 Å². The topological polar surface area (TPSA) is 47.6 Å². The number of nitrogens with one attached hydrogen (secondary N) is 1. The molecule has 0 amide bonds. The first kappa shape index (κ1) is 13.9. The van der Waals surface area contributed by atoms with Crippen LogP contribution in [-0.2, 0) is 15.1 Å². The molecule has 0 aliphatic heterocycles. The number of esters is 1. The van der Waals surface area contributed by atoms with Crippen molar-refractivity contribution in [1.82, 2.24) is 5.32 Å². The van der Waals surface area contributed by atoms with Gasteiger partial charge in [0, 0.05) is 11.6 Å². The average molecular weight is 263 g/mol. The standard InChI is InChI=1S/C15H21NO3/c1-4-19-14(17)15(2,16-11-9-10-11)12-7-5-6-8-13(12)18-3/h5-8,11,16H,4,9-10H2,1-3H3. The van der Waals surface area contributed by atoms with Crippen LogP contribution in [0, 0.1) is 0 Å². The molecule has 1 aromatic carbocycles. The van der Waals surface area contributed by atoms with Gasteiger partial charge in [-0.3, -0.25) is 5.32 Å². The second kappa shape index (κ2) is 5.61. The van der Waals surface area contributed by atoms with Gasteiger partial charge in [-0.2, -0.15) is 0 Å². The molecule has 0 bridgehead atoms. The Kier molecular flexibility index (Phi) is 4.10. The Morgan fingerprint density at radius 3 is 2.68 bits per heavy atom. The Morgan fingerprint density at radius 2 is 2.11 bits per heavy atom. The molecule has 2 rings (SSSR count). The zero-order chi connectivity index (χ0) is 13.9. The summed E-state index contributed by atoms with van der Waals surface area (Å²) in [5.41, 5.74) is -0.0353. The summed E-state index contributed by atoms with van der Waals surface area (Å²) in [6, 6.07) is 7.96. The van der Waals surface area contributed by atoms with E-state index in [0.717, 1.165) is 18.4 Å². The number of para-hydroxylation sites is 1. The molecule has 104 valence electrons. The summed E-state index contributed by atoms with van der Waals surface area (Å²) in [6.07, 6.45) is 2.20. The normalized spacial score (nSPS) is 17.6. The number of carbonyl (C=O) groups excluding carboxylic acids is 1. The molecule has 4 heteroatoms. The lowest BCUT2D eigenvalue weighted by Gasteiger charge is -2.30. The molecule has 1 saturated carbocycles. The van der Waals surface area contributed by atoms with Gasteiger partial charge < -0.3 is 9.47 Å². The molecule has 0 aromatic heterocycles. The molecule has 19 heavy (non-hydrogen) atoms. The predicted octanol–water partition coefficient (Wildman–Crippen LogP) is 2.23. The monoisotopic (exact) mass is 263 g/mol. The maximum absolute atomic E-state index is 12.4. The van der Waals surface area contributed by atoms with Crippen LogP contribution < -0.4 is 10.1 Å². The smallest absolute Gasteiger partial charge is 0.330 e. The lowest BCUT2D eigenvalue weighted by atomic mass is 9.91. The highest BCUT2D eigenvalue weighted by atomic mass is 16.5. The third-order valence-corrected chi connectivity index (χ3v) is 3.40. The van der Waals surface area contributed by atoms with Crippen LogP contribution >= 0.6 is 0 Å². The summed E-state index contributed by atoms with van der Waals surface area (Å²) >= 11 is 0. The van der Waals surface area contributed by atoms with E-state index in [9.17, 15) is 4.79 Å². The van der Waals surface area contributed by atoms with E-state index >= 15 is 0 Å². The van der Waals surface area contributed by atoms with Gasteiger partial charge in [0.25, 0.3) is 0 Å². The highest BCUT2D eigenvalue weighted by Gasteiger charge is 2.42. The van der Waals surface area contributed by atoms with E-state index in [1.165, 1.54) is 0 Å². The van der Waals surface area contributed by atoms with Crippen molar-refractivity contribution >= 4 is 5.97 Å². The fourth-order valence-corrected chi connectivity index (χ4v) is 2.22. The number of methoxy groups -OCH3 is 1. The van der Waals surface area contributed by atoms with E-state index in [0.29, 0.717) is 18.4 Å². The molecule has 0 heterocycles. The molecule has 1 unspecified atom stereocenters. The van der Waals surface area contributed by atoms with Gasteiger partial charge in [-0.15, -0.1) is 0 Å². The van der Waals surface area contributed by atoms with Gasteiger partial charge in [-0.05, 0) is 32.8 Å². The Hall–Kier alpha value is -1.55. The summed E-state index contributed by atoms with van der Waals surface area (Å²) in [5.74, 6) is 0.442. The molecule has 1 aromatic rings. The first-order valence-electron chi connectivity index (χ1n) is 6.70. The van der Waals surface area contributed by atoms with Gasteiger partial charge in [0.2, 0.25) is 0 Å². The van der Waals surface area contributed by atoms with Crippen LogP contribution in [0.1, 0.15) is 32.3 Å². The van der Waals surface area contributed by atoms with Crippen molar-refractivity contribution in [2.45, 2.75) is 38.3 Å². The minimum atomic E-state index is -0.857. The zero-order valence-corrected chi connectivity index (χ0v) is 11.7. The molecule has 1 aliphatic carbocycles. The average Bonchev–Trinajstić information content (AvgIpc) is 3.22. The second-order valence-corrected chi connectivity index (χ2v) is 4.96. The Labute approximate surface area is 114 Å². The number of ether oxygens (including phenoxy) is 2. The highest BCUT2D eigenvalue weighted by molar-refractivity contribution is 5.83. The molecule has 0 spiro atoms. The summed E-state index contributed by atoms with van der Waals surface area (Å²) in [5, 5.41) is 3.39. The fourth-order valence-electron chi connectivity index (χ4n) is 2.22. The van der Waals surface area contributed by atoms with Crippen LogP contribution in [0.4, 0.5) is 0 Å². The van der Waals surface area contributed by atoms with E-state index in [1.54, 1.807) is 7.11 Å². The quantitative estimate of drug-likeness (QED) is 0.800. The van der Waals surface area contributed by atoms with Gasteiger partial charge in [-0.1, -0.05) is 18.2 Å². The van der Waals surface area contributed by atoms with Crippen LogP contribution in [0.5, 0.6) is 5.75 Å². The van der Waals surface area contributed by atoms with Crippen LogP contribution in [0.25, 0.3) is 0 Å². The third kappa shape index (κ3) is 2.89. The lowest BCUT2D eigenvalue weighted by Crippen LogP contribution is -2.49. The van der Waals surface area contributed by atoms with Gasteiger partial charge in [0.1, 0.15) is 11.3 Å². The summed E-state index contributed by atoms with van der Waals surface area (Å²) < 4.78 is 10.6. The minimum Gasteiger partial charge on any atom is -0.496 e. The maximum Gasteiger partial charge on any atom is 0.330 e. The van der Waals surface area contributed by atoms with Gasteiger partial charge in [-0.25, -0.2) is 4.79 Å². The van der Waals surface area contributed by atoms with Crippen molar-refractivity contribution in [2.75, 3.05) is 13.7 Å². The second-order valence-electron chi connectivity index (χ2n) is 4.96. The Bertz CT molecular complexity index is 456. The summed E-state index contributed by atoms with van der Waals surface area (Å²) in [4.78, 5) is 12.4. The Morgan fingerprint density at radius 1 is 1.42 bits per heavy atom. The largest absolute Gasteiger partial charge is 0.496 e. The molecule has 0 radical (unpaired) electrons. The molecule has 1 atom stereocenters. The third-order valence-electron chi connectivity index (χ3n) is 3.40. The fraction of sp³-hybridized carbons (Fsp3) is 0.533. The number of hydrogen-bond donors (Lipinski definition) is 1. The van der Waals surface area contributed by atoms with Crippen LogP contribution in [-0.4, -0.2) is 25.7 Å². The van der Waals surface area contributed by atoms with E-state index < -0.39 is 5.54 Å². The van der Waals surface area contributed by atoms with Crippen molar-refractivity contribution in [3.63, 3.8) is 0 Å². The van der Waals surface area contributed by atoms with Crippen molar-refractivity contribution in [1.29, 1.82) is 0 Å². The van der Waals surface area contributed by atoms with Gasteiger partial charge in [0.15, 0.2) is 0 Å². The van der Waals surface area contributed by atoms with Crippen molar-refractivity contribution in [2.24, 2.45) is 0 Å². The number of benzene rings is 1. The van der Waals surface area contributed by atoms with Crippen molar-refractivity contribution in [3.8, 4) is 5.75 Å². The van der Waals surface area contributed by atoms with Gasteiger partial charge in [0.05, 0.1) is 13.7 Å². The number of rotatable bonds is 6. The van der Waals surface area contributed by atoms with E-state index in [1.807, 2.05) is 38.1 Å². The van der Waals surface area contributed by atoms with Crippen LogP contribution in [0.3, 0.4) is 0 Å². The molecule has 1 aliphatic rings. The molecule has 1 fully saturated rings. The number of hydrogen-bond acceptors (Lipinski definition) is 4. The molecule has 1 N–H and O–H groups in total. The van der Waals surface area contributed by atoms with Crippen LogP contribution in [0.15, 0.2) is 24.3 Å². The predicted molar refractivity (Wildman–Crippen MR) is 73.1 cm³/mol.